The van der Waals surface area contributed by atoms with E-state index in [1.165, 1.54) is 6.33 Å². The Hall–Kier alpha value is -2.12. The average Bonchev–Trinajstić information content (AvgIpc) is 2.71. The van der Waals surface area contributed by atoms with Gasteiger partial charge < -0.3 is 20.3 Å². The average molecular weight is 269 g/mol. The summed E-state index contributed by atoms with van der Waals surface area (Å²) in [4.78, 5) is 22.7. The van der Waals surface area contributed by atoms with Crippen LogP contribution in [-0.4, -0.2) is 37.9 Å². The van der Waals surface area contributed by atoms with E-state index in [2.05, 4.69) is 20.8 Å². The number of nitrogens with one attached hydrogen (secondary N) is 2. The molecular formula is C11H19N5O3. The molecule has 19 heavy (non-hydrogen) atoms. The number of aryl methyl sites for hydroxylation is 1. The third-order valence-electron chi connectivity index (χ3n) is 2.70. The SMILES string of the molecule is CC(NC(=O)N[C@@H](C(=O)O)C(C)C)c1nncn1C. The minimum absolute atomic E-state index is 0.201. The summed E-state index contributed by atoms with van der Waals surface area (Å²) >= 11 is 0. The Morgan fingerprint density at radius 1 is 1.32 bits per heavy atom. The predicted octanol–water partition coefficient (Wildman–Crippen LogP) is 0.285. The number of carboxylic acids is 1. The lowest BCUT2D eigenvalue weighted by molar-refractivity contribution is -0.140. The summed E-state index contributed by atoms with van der Waals surface area (Å²) in [7, 11) is 1.76. The zero-order chi connectivity index (χ0) is 14.6. The van der Waals surface area contributed by atoms with Gasteiger partial charge in [0, 0.05) is 7.05 Å². The number of carbonyl (C=O) groups is 2. The summed E-state index contributed by atoms with van der Waals surface area (Å²) < 4.78 is 1.68. The van der Waals surface area contributed by atoms with Crippen LogP contribution < -0.4 is 10.6 Å². The van der Waals surface area contributed by atoms with Gasteiger partial charge in [0.05, 0.1) is 6.04 Å². The highest BCUT2D eigenvalue weighted by atomic mass is 16.4. The molecule has 8 nitrogen and oxygen atoms in total. The highest BCUT2D eigenvalue weighted by Crippen LogP contribution is 2.07. The van der Waals surface area contributed by atoms with E-state index in [-0.39, 0.29) is 12.0 Å². The molecule has 2 amide bonds. The lowest BCUT2D eigenvalue weighted by Crippen LogP contribution is -2.49. The molecule has 0 fully saturated rings. The molecule has 0 aliphatic rings. The molecule has 0 aromatic carbocycles. The minimum atomic E-state index is -1.06. The van der Waals surface area contributed by atoms with Crippen LogP contribution in [0.25, 0.3) is 0 Å². The van der Waals surface area contributed by atoms with Crippen molar-refractivity contribution in [3.63, 3.8) is 0 Å². The minimum Gasteiger partial charge on any atom is -0.480 e. The molecule has 0 bridgehead atoms. The normalized spacial score (nSPS) is 13.9. The first-order valence-corrected chi connectivity index (χ1v) is 5.96. The van der Waals surface area contributed by atoms with Crippen molar-refractivity contribution in [3.05, 3.63) is 12.2 Å². The predicted molar refractivity (Wildman–Crippen MR) is 67.3 cm³/mol. The smallest absolute Gasteiger partial charge is 0.326 e. The highest BCUT2D eigenvalue weighted by molar-refractivity contribution is 5.82. The van der Waals surface area contributed by atoms with Crippen molar-refractivity contribution in [1.29, 1.82) is 0 Å². The third kappa shape index (κ3) is 3.94. The summed E-state index contributed by atoms with van der Waals surface area (Å²) in [6.45, 7) is 5.20. The van der Waals surface area contributed by atoms with Crippen molar-refractivity contribution in [3.8, 4) is 0 Å². The van der Waals surface area contributed by atoms with Gasteiger partial charge in [-0.25, -0.2) is 9.59 Å². The van der Waals surface area contributed by atoms with Crippen molar-refractivity contribution in [2.75, 3.05) is 0 Å². The molecule has 0 saturated heterocycles. The van der Waals surface area contributed by atoms with Crippen molar-refractivity contribution in [2.24, 2.45) is 13.0 Å². The largest absolute Gasteiger partial charge is 0.480 e. The third-order valence-corrected chi connectivity index (χ3v) is 2.70. The van der Waals surface area contributed by atoms with Gasteiger partial charge in [-0.1, -0.05) is 13.8 Å². The van der Waals surface area contributed by atoms with Crippen molar-refractivity contribution >= 4 is 12.0 Å². The van der Waals surface area contributed by atoms with Crippen LogP contribution in [0.2, 0.25) is 0 Å². The van der Waals surface area contributed by atoms with E-state index in [1.807, 2.05) is 0 Å². The van der Waals surface area contributed by atoms with Crippen molar-refractivity contribution in [1.82, 2.24) is 25.4 Å². The van der Waals surface area contributed by atoms with E-state index >= 15 is 0 Å². The number of nitrogens with zero attached hydrogens (tertiary/aromatic N) is 3. The molecule has 8 heteroatoms. The number of carboxylic acid groups (broad SMARTS) is 1. The summed E-state index contributed by atoms with van der Waals surface area (Å²) in [5, 5.41) is 21.6. The van der Waals surface area contributed by atoms with Crippen LogP contribution >= 0.6 is 0 Å². The summed E-state index contributed by atoms with van der Waals surface area (Å²) in [6, 6.07) is -1.84. The molecule has 0 radical (unpaired) electrons. The van der Waals surface area contributed by atoms with Crippen LogP contribution in [0.3, 0.4) is 0 Å². The fraction of sp³-hybridized carbons (Fsp3) is 0.636. The number of rotatable bonds is 5. The molecule has 1 heterocycles. The van der Waals surface area contributed by atoms with Gasteiger partial charge in [-0.05, 0) is 12.8 Å². The van der Waals surface area contributed by atoms with Gasteiger partial charge in [0.25, 0.3) is 0 Å². The van der Waals surface area contributed by atoms with Gasteiger partial charge >= 0.3 is 12.0 Å². The number of aliphatic carboxylic acids is 1. The fourth-order valence-corrected chi connectivity index (χ4v) is 1.64. The van der Waals surface area contributed by atoms with Crippen LogP contribution in [-0.2, 0) is 11.8 Å². The second-order valence-electron chi connectivity index (χ2n) is 4.70. The van der Waals surface area contributed by atoms with Gasteiger partial charge in [-0.15, -0.1) is 10.2 Å². The van der Waals surface area contributed by atoms with Gasteiger partial charge in [-0.2, -0.15) is 0 Å². The van der Waals surface area contributed by atoms with Crippen molar-refractivity contribution < 1.29 is 14.7 Å². The number of hydrogen-bond acceptors (Lipinski definition) is 4. The van der Waals surface area contributed by atoms with Crippen LogP contribution in [0.5, 0.6) is 0 Å². The van der Waals surface area contributed by atoms with Gasteiger partial charge in [0.1, 0.15) is 12.4 Å². The van der Waals surface area contributed by atoms with Gasteiger partial charge in [0.2, 0.25) is 0 Å². The standard InChI is InChI=1S/C11H19N5O3/c1-6(2)8(10(17)18)14-11(19)13-7(3)9-15-12-5-16(9)4/h5-8H,1-4H3,(H,17,18)(H2,13,14,19)/t7?,8-/m1/s1. The Labute approximate surface area is 111 Å². The Balaban J connectivity index is 2.60. The molecule has 2 atom stereocenters. The summed E-state index contributed by atoms with van der Waals surface area (Å²) in [6.07, 6.45) is 1.53. The Morgan fingerprint density at radius 3 is 2.37 bits per heavy atom. The number of urea groups is 1. The molecule has 0 aliphatic carbocycles. The van der Waals surface area contributed by atoms with Gasteiger partial charge in [0.15, 0.2) is 5.82 Å². The fourth-order valence-electron chi connectivity index (χ4n) is 1.64. The lowest BCUT2D eigenvalue weighted by Gasteiger charge is -2.20. The molecule has 3 N–H and O–H groups in total. The molecule has 0 aliphatic heterocycles. The Bertz CT molecular complexity index is 457. The maximum atomic E-state index is 11.7. The number of amides is 2. The number of aromatic nitrogens is 3. The monoisotopic (exact) mass is 269 g/mol. The Morgan fingerprint density at radius 2 is 1.95 bits per heavy atom. The molecule has 1 aromatic heterocycles. The lowest BCUT2D eigenvalue weighted by atomic mass is 10.1. The van der Waals surface area contributed by atoms with Crippen molar-refractivity contribution in [2.45, 2.75) is 32.9 Å². The van der Waals surface area contributed by atoms with E-state index in [0.717, 1.165) is 0 Å². The first-order valence-electron chi connectivity index (χ1n) is 5.96. The van der Waals surface area contributed by atoms with Crippen LogP contribution in [0.4, 0.5) is 4.79 Å². The molecule has 1 rings (SSSR count). The van der Waals surface area contributed by atoms with E-state index in [9.17, 15) is 9.59 Å². The maximum Gasteiger partial charge on any atom is 0.326 e. The topological polar surface area (TPSA) is 109 Å². The molecule has 0 saturated carbocycles. The van der Waals surface area contributed by atoms with E-state index < -0.39 is 18.0 Å². The number of hydrogen-bond donors (Lipinski definition) is 3. The van der Waals surface area contributed by atoms with E-state index in [4.69, 9.17) is 5.11 Å². The first kappa shape index (κ1) is 14.9. The molecule has 0 spiro atoms. The molecular weight excluding hydrogens is 250 g/mol. The van der Waals surface area contributed by atoms with E-state index in [0.29, 0.717) is 5.82 Å². The molecule has 1 aromatic rings. The first-order chi connectivity index (χ1) is 8.82. The van der Waals surface area contributed by atoms with Gasteiger partial charge in [-0.3, -0.25) is 0 Å². The summed E-state index contributed by atoms with van der Waals surface area (Å²) in [5.41, 5.74) is 0. The quantitative estimate of drug-likeness (QED) is 0.711. The van der Waals surface area contributed by atoms with Crippen LogP contribution in [0.1, 0.15) is 32.6 Å². The summed E-state index contributed by atoms with van der Waals surface area (Å²) in [5.74, 6) is -0.670. The molecule has 1 unspecified atom stereocenters. The second kappa shape index (κ2) is 6.17. The number of carbonyl (C=O) groups excluding carboxylic acids is 1. The Kier molecular flexibility index (Phi) is 4.85. The second-order valence-corrected chi connectivity index (χ2v) is 4.70. The molecule has 106 valence electrons. The van der Waals surface area contributed by atoms with Crippen LogP contribution in [0.15, 0.2) is 6.33 Å². The zero-order valence-corrected chi connectivity index (χ0v) is 11.4. The van der Waals surface area contributed by atoms with Crippen LogP contribution in [0, 0.1) is 5.92 Å². The van der Waals surface area contributed by atoms with E-state index in [1.54, 1.807) is 32.4 Å². The highest BCUT2D eigenvalue weighted by Gasteiger charge is 2.24. The zero-order valence-electron chi connectivity index (χ0n) is 11.4. The maximum absolute atomic E-state index is 11.7.